The van der Waals surface area contributed by atoms with Gasteiger partial charge in [0.2, 0.25) is 0 Å². The van der Waals surface area contributed by atoms with Crippen molar-refractivity contribution < 1.29 is 18.3 Å². The molecule has 0 saturated heterocycles. The van der Waals surface area contributed by atoms with Crippen molar-refractivity contribution in [2.75, 3.05) is 0 Å². The number of halogens is 3. The van der Waals surface area contributed by atoms with E-state index in [1.165, 1.54) is 0 Å². The number of aromatic nitrogens is 2. The average Bonchev–Trinajstić information content (AvgIpc) is 2.62. The minimum absolute atomic E-state index is 0.0681. The van der Waals surface area contributed by atoms with Crippen molar-refractivity contribution >= 4 is 0 Å². The molecule has 0 aliphatic rings. The summed E-state index contributed by atoms with van der Waals surface area (Å²) in [5.41, 5.74) is -0.452. The summed E-state index contributed by atoms with van der Waals surface area (Å²) in [6.07, 6.45) is -2.89. The second kappa shape index (κ2) is 5.94. The number of aliphatic hydroxyl groups is 1. The zero-order valence-corrected chi connectivity index (χ0v) is 11.5. The van der Waals surface area contributed by atoms with E-state index in [-0.39, 0.29) is 25.3 Å². The molecule has 0 fully saturated rings. The first-order valence-electron chi connectivity index (χ1n) is 6.42. The zero-order valence-electron chi connectivity index (χ0n) is 11.5. The van der Waals surface area contributed by atoms with Crippen LogP contribution in [0.1, 0.15) is 51.8 Å². The molecule has 0 aliphatic heterocycles. The molecule has 1 rings (SSSR count). The fraction of sp³-hybridized carbons (Fsp3) is 0.769. The Morgan fingerprint density at radius 2 is 1.95 bits per heavy atom. The van der Waals surface area contributed by atoms with Crippen LogP contribution >= 0.6 is 0 Å². The van der Waals surface area contributed by atoms with Gasteiger partial charge < -0.3 is 5.11 Å². The van der Waals surface area contributed by atoms with Gasteiger partial charge in [-0.15, -0.1) is 0 Å². The number of nitrogens with zero attached hydrogens (tertiary/aromatic N) is 2. The Morgan fingerprint density at radius 3 is 2.42 bits per heavy atom. The normalized spacial score (nSPS) is 15.8. The Kier molecular flexibility index (Phi) is 5.01. The lowest BCUT2D eigenvalue weighted by molar-refractivity contribution is -0.137. The molecule has 0 aromatic carbocycles. The molecule has 0 saturated carbocycles. The van der Waals surface area contributed by atoms with E-state index >= 15 is 0 Å². The van der Waals surface area contributed by atoms with Gasteiger partial charge in [0, 0.05) is 25.1 Å². The highest BCUT2D eigenvalue weighted by Gasteiger charge is 2.29. The first-order chi connectivity index (χ1) is 8.59. The molecular formula is C13H21F3N2O. The van der Waals surface area contributed by atoms with Gasteiger partial charge in [-0.25, -0.2) is 0 Å². The summed E-state index contributed by atoms with van der Waals surface area (Å²) in [6, 6.07) is 2.02. The Bertz CT molecular complexity index is 397. The molecule has 1 atom stereocenters. The molecular weight excluding hydrogens is 257 g/mol. The third kappa shape index (κ3) is 6.09. The molecule has 19 heavy (non-hydrogen) atoms. The van der Waals surface area contributed by atoms with E-state index in [0.29, 0.717) is 5.69 Å². The average molecular weight is 278 g/mol. The van der Waals surface area contributed by atoms with Crippen LogP contribution in [0.15, 0.2) is 12.3 Å². The van der Waals surface area contributed by atoms with Gasteiger partial charge in [-0.1, -0.05) is 0 Å². The van der Waals surface area contributed by atoms with Gasteiger partial charge in [0.05, 0.1) is 11.3 Å². The summed E-state index contributed by atoms with van der Waals surface area (Å²) in [6.45, 7) is 5.52. The number of hydrogen-bond donors (Lipinski definition) is 1. The van der Waals surface area contributed by atoms with Crippen LogP contribution in [0.4, 0.5) is 13.2 Å². The second-order valence-electron chi connectivity index (χ2n) is 5.52. The standard InChI is InChI=1S/C13H21F3N2O/c1-10(2)18-8-5-11(17-18)9-12(3,19)6-4-7-13(14,15)16/h5,8,10,19H,4,6-7,9H2,1-3H3. The second-order valence-corrected chi connectivity index (χ2v) is 5.52. The van der Waals surface area contributed by atoms with Crippen LogP contribution in [-0.4, -0.2) is 26.7 Å². The van der Waals surface area contributed by atoms with E-state index in [1.54, 1.807) is 17.7 Å². The Balaban J connectivity index is 2.49. The third-order valence-electron chi connectivity index (χ3n) is 2.93. The minimum Gasteiger partial charge on any atom is -0.390 e. The van der Waals surface area contributed by atoms with E-state index in [0.717, 1.165) is 0 Å². The summed E-state index contributed by atoms with van der Waals surface area (Å²) in [4.78, 5) is 0. The molecule has 0 aliphatic carbocycles. The molecule has 1 heterocycles. The van der Waals surface area contributed by atoms with Crippen molar-refractivity contribution in [1.82, 2.24) is 9.78 Å². The first-order valence-corrected chi connectivity index (χ1v) is 6.42. The number of hydrogen-bond acceptors (Lipinski definition) is 2. The van der Waals surface area contributed by atoms with Gasteiger partial charge in [0.1, 0.15) is 0 Å². The van der Waals surface area contributed by atoms with Crippen molar-refractivity contribution in [1.29, 1.82) is 0 Å². The fourth-order valence-electron chi connectivity index (χ4n) is 1.91. The van der Waals surface area contributed by atoms with Gasteiger partial charge in [-0.05, 0) is 39.7 Å². The predicted octanol–water partition coefficient (Wildman–Crippen LogP) is 3.49. The van der Waals surface area contributed by atoms with Crippen LogP contribution < -0.4 is 0 Å². The maximum absolute atomic E-state index is 12.1. The molecule has 1 aromatic rings. The van der Waals surface area contributed by atoms with Gasteiger partial charge >= 0.3 is 6.18 Å². The number of alkyl halides is 3. The highest BCUT2D eigenvalue weighted by Crippen LogP contribution is 2.26. The molecule has 0 bridgehead atoms. The summed E-state index contributed by atoms with van der Waals surface area (Å²) >= 11 is 0. The monoisotopic (exact) mass is 278 g/mol. The fourth-order valence-corrected chi connectivity index (χ4v) is 1.91. The van der Waals surface area contributed by atoms with E-state index in [2.05, 4.69) is 5.10 Å². The molecule has 0 radical (unpaired) electrons. The summed E-state index contributed by atoms with van der Waals surface area (Å²) < 4.78 is 37.9. The molecule has 6 heteroatoms. The maximum Gasteiger partial charge on any atom is 0.389 e. The van der Waals surface area contributed by atoms with E-state index in [1.807, 2.05) is 20.0 Å². The van der Waals surface area contributed by atoms with Gasteiger partial charge in [-0.3, -0.25) is 4.68 Å². The molecule has 0 amide bonds. The zero-order chi connectivity index (χ0) is 14.7. The highest BCUT2D eigenvalue weighted by atomic mass is 19.4. The lowest BCUT2D eigenvalue weighted by atomic mass is 9.93. The predicted molar refractivity (Wildman–Crippen MR) is 66.8 cm³/mol. The minimum atomic E-state index is -4.16. The molecule has 1 aromatic heterocycles. The van der Waals surface area contributed by atoms with Crippen LogP contribution in [0, 0.1) is 0 Å². The van der Waals surface area contributed by atoms with Crippen molar-refractivity contribution in [2.45, 2.75) is 64.3 Å². The molecule has 110 valence electrons. The molecule has 0 spiro atoms. The van der Waals surface area contributed by atoms with Gasteiger partial charge in [-0.2, -0.15) is 18.3 Å². The van der Waals surface area contributed by atoms with Crippen LogP contribution in [0.3, 0.4) is 0 Å². The summed E-state index contributed by atoms with van der Waals surface area (Å²) in [5, 5.41) is 14.4. The molecule has 1 N–H and O–H groups in total. The topological polar surface area (TPSA) is 38.0 Å². The quantitative estimate of drug-likeness (QED) is 0.865. The van der Waals surface area contributed by atoms with Gasteiger partial charge in [0.15, 0.2) is 0 Å². The third-order valence-corrected chi connectivity index (χ3v) is 2.93. The Labute approximate surface area is 111 Å². The first kappa shape index (κ1) is 16.0. The summed E-state index contributed by atoms with van der Waals surface area (Å²) in [5.74, 6) is 0. The van der Waals surface area contributed by atoms with Gasteiger partial charge in [0.25, 0.3) is 0 Å². The lowest BCUT2D eigenvalue weighted by Crippen LogP contribution is -2.28. The number of rotatable bonds is 6. The smallest absolute Gasteiger partial charge is 0.389 e. The van der Waals surface area contributed by atoms with Crippen LogP contribution in [-0.2, 0) is 6.42 Å². The maximum atomic E-state index is 12.1. The van der Waals surface area contributed by atoms with Crippen LogP contribution in [0.5, 0.6) is 0 Å². The SMILES string of the molecule is CC(C)n1ccc(CC(C)(O)CCCC(F)(F)F)n1. The lowest BCUT2D eigenvalue weighted by Gasteiger charge is -2.22. The molecule has 1 unspecified atom stereocenters. The van der Waals surface area contributed by atoms with Crippen molar-refractivity contribution in [3.63, 3.8) is 0 Å². The largest absolute Gasteiger partial charge is 0.390 e. The van der Waals surface area contributed by atoms with Crippen molar-refractivity contribution in [2.24, 2.45) is 0 Å². The molecule has 3 nitrogen and oxygen atoms in total. The van der Waals surface area contributed by atoms with Crippen molar-refractivity contribution in [3.05, 3.63) is 18.0 Å². The van der Waals surface area contributed by atoms with E-state index in [4.69, 9.17) is 0 Å². The Hall–Kier alpha value is -1.04. The van der Waals surface area contributed by atoms with Crippen LogP contribution in [0.2, 0.25) is 0 Å². The van der Waals surface area contributed by atoms with Crippen molar-refractivity contribution in [3.8, 4) is 0 Å². The van der Waals surface area contributed by atoms with Crippen LogP contribution in [0.25, 0.3) is 0 Å². The highest BCUT2D eigenvalue weighted by molar-refractivity contribution is 5.03. The van der Waals surface area contributed by atoms with E-state index in [9.17, 15) is 18.3 Å². The summed E-state index contributed by atoms with van der Waals surface area (Å²) in [7, 11) is 0. The Morgan fingerprint density at radius 1 is 1.32 bits per heavy atom. The van der Waals surface area contributed by atoms with E-state index < -0.39 is 18.2 Å².